The molecule has 0 amide bonds. The molecule has 0 aliphatic carbocycles. The third kappa shape index (κ3) is 1.12. The van der Waals surface area contributed by atoms with Crippen molar-refractivity contribution < 1.29 is 0 Å². The Bertz CT molecular complexity index is 296. The van der Waals surface area contributed by atoms with E-state index in [-0.39, 0.29) is 0 Å². The molecule has 0 aromatic heterocycles. The maximum Gasteiger partial charge on any atom is 0.0625 e. The predicted molar refractivity (Wildman–Crippen MR) is 53.0 cm³/mol. The number of rotatable bonds is 0. The summed E-state index contributed by atoms with van der Waals surface area (Å²) in [7, 11) is 3.49. The van der Waals surface area contributed by atoms with E-state index < -0.39 is 0 Å². The molecule has 0 saturated heterocycles. The lowest BCUT2D eigenvalue weighted by atomic mass is 10.1. The first kappa shape index (κ1) is 7.37. The molecular formula is C8H9NS2. The second-order valence-electron chi connectivity index (χ2n) is 2.65. The van der Waals surface area contributed by atoms with Gasteiger partial charge in [0.15, 0.2) is 0 Å². The molecule has 11 heavy (non-hydrogen) atoms. The fraction of sp³-hybridized carbons (Fsp3) is 0.250. The number of hydrogen-bond donors (Lipinski definition) is 1. The first-order chi connectivity index (χ1) is 5.29. The van der Waals surface area contributed by atoms with Gasteiger partial charge in [0, 0.05) is 15.9 Å². The van der Waals surface area contributed by atoms with Gasteiger partial charge in [-0.15, -0.1) is 0 Å². The number of aryl methyl sites for hydroxylation is 1. The predicted octanol–water partition coefficient (Wildman–Crippen LogP) is 3.38. The second kappa shape index (κ2) is 2.64. The maximum atomic E-state index is 3.29. The summed E-state index contributed by atoms with van der Waals surface area (Å²) in [5.41, 5.74) is 4.04. The Morgan fingerprint density at radius 2 is 2.09 bits per heavy atom. The Morgan fingerprint density at radius 3 is 2.91 bits per heavy atom. The van der Waals surface area contributed by atoms with Crippen LogP contribution >= 0.6 is 21.8 Å². The molecule has 1 N–H and O–H groups in total. The van der Waals surface area contributed by atoms with Gasteiger partial charge in [-0.25, -0.2) is 0 Å². The minimum atomic E-state index is 1.31. The van der Waals surface area contributed by atoms with Crippen LogP contribution in [0, 0.1) is 13.8 Å². The summed E-state index contributed by atoms with van der Waals surface area (Å²) in [6.45, 7) is 4.30. The highest BCUT2D eigenvalue weighted by atomic mass is 33.1. The van der Waals surface area contributed by atoms with Crippen molar-refractivity contribution in [1.82, 2.24) is 0 Å². The van der Waals surface area contributed by atoms with Gasteiger partial charge in [-0.3, -0.25) is 0 Å². The first-order valence-corrected chi connectivity index (χ1v) is 5.64. The molecule has 1 heterocycles. The van der Waals surface area contributed by atoms with Gasteiger partial charge >= 0.3 is 0 Å². The Labute approximate surface area is 74.5 Å². The monoisotopic (exact) mass is 183 g/mol. The molecule has 0 spiro atoms. The number of benzene rings is 1. The van der Waals surface area contributed by atoms with Crippen LogP contribution in [0.1, 0.15) is 11.1 Å². The van der Waals surface area contributed by atoms with Crippen molar-refractivity contribution in [3.8, 4) is 0 Å². The molecular weight excluding hydrogens is 174 g/mol. The molecule has 2 rings (SSSR count). The molecule has 1 aliphatic heterocycles. The topological polar surface area (TPSA) is 12.0 Å². The van der Waals surface area contributed by atoms with Gasteiger partial charge in [0.1, 0.15) is 0 Å². The van der Waals surface area contributed by atoms with E-state index in [0.717, 1.165) is 0 Å². The Morgan fingerprint density at radius 1 is 1.27 bits per heavy atom. The standard InChI is InChI=1S/C8H9NS2/c1-5-3-4-7-8(6(5)2)9-11-10-7/h3-4,9H,1-2H3. The van der Waals surface area contributed by atoms with Crippen LogP contribution in [0.4, 0.5) is 5.69 Å². The van der Waals surface area contributed by atoms with E-state index in [0.29, 0.717) is 0 Å². The summed E-state index contributed by atoms with van der Waals surface area (Å²) in [6, 6.07) is 4.35. The molecule has 1 nitrogen and oxygen atoms in total. The van der Waals surface area contributed by atoms with E-state index in [4.69, 9.17) is 0 Å². The zero-order valence-electron chi connectivity index (χ0n) is 6.47. The average Bonchev–Trinajstić information content (AvgIpc) is 2.45. The molecule has 1 aromatic carbocycles. The fourth-order valence-electron chi connectivity index (χ4n) is 1.09. The summed E-state index contributed by atoms with van der Waals surface area (Å²) < 4.78 is 3.29. The highest BCUT2D eigenvalue weighted by molar-refractivity contribution is 8.77. The lowest BCUT2D eigenvalue weighted by Crippen LogP contribution is -1.87. The van der Waals surface area contributed by atoms with Crippen molar-refractivity contribution in [3.05, 3.63) is 23.3 Å². The van der Waals surface area contributed by atoms with Gasteiger partial charge in [0.25, 0.3) is 0 Å². The molecule has 3 heteroatoms. The van der Waals surface area contributed by atoms with E-state index >= 15 is 0 Å². The van der Waals surface area contributed by atoms with Crippen molar-refractivity contribution in [2.75, 3.05) is 4.72 Å². The summed E-state index contributed by atoms with van der Waals surface area (Å²) >= 11 is 0. The highest BCUT2D eigenvalue weighted by Gasteiger charge is 2.14. The van der Waals surface area contributed by atoms with Crippen molar-refractivity contribution in [2.24, 2.45) is 0 Å². The summed E-state index contributed by atoms with van der Waals surface area (Å²) in [5.74, 6) is 0. The summed E-state index contributed by atoms with van der Waals surface area (Å²) in [4.78, 5) is 1.36. The van der Waals surface area contributed by atoms with Gasteiger partial charge in [0.05, 0.1) is 5.69 Å². The molecule has 58 valence electrons. The average molecular weight is 183 g/mol. The van der Waals surface area contributed by atoms with Crippen LogP contribution in [0.15, 0.2) is 17.0 Å². The molecule has 0 atom stereocenters. The van der Waals surface area contributed by atoms with Gasteiger partial charge < -0.3 is 4.72 Å². The Balaban J connectivity index is 2.62. The number of nitrogens with one attached hydrogen (secondary N) is 1. The molecule has 0 unspecified atom stereocenters. The normalized spacial score (nSPS) is 14.4. The quantitative estimate of drug-likeness (QED) is 0.489. The number of fused-ring (bicyclic) bond motifs is 1. The lowest BCUT2D eigenvalue weighted by molar-refractivity contribution is 1.29. The number of hydrogen-bond acceptors (Lipinski definition) is 3. The first-order valence-electron chi connectivity index (χ1n) is 3.49. The smallest absolute Gasteiger partial charge is 0.0625 e. The van der Waals surface area contributed by atoms with E-state index in [1.54, 1.807) is 21.8 Å². The minimum absolute atomic E-state index is 1.31. The Kier molecular flexibility index (Phi) is 1.77. The molecule has 0 bridgehead atoms. The van der Waals surface area contributed by atoms with Crippen LogP contribution in [0.5, 0.6) is 0 Å². The van der Waals surface area contributed by atoms with Crippen LogP contribution in [-0.2, 0) is 0 Å². The van der Waals surface area contributed by atoms with Crippen molar-refractivity contribution >= 4 is 27.5 Å². The van der Waals surface area contributed by atoms with E-state index in [1.807, 2.05) is 0 Å². The van der Waals surface area contributed by atoms with Gasteiger partial charge in [-0.2, -0.15) is 0 Å². The SMILES string of the molecule is Cc1ccc2c(c1C)NSS2. The molecule has 1 aromatic rings. The molecule has 0 fully saturated rings. The molecule has 0 saturated carbocycles. The minimum Gasteiger partial charge on any atom is -0.319 e. The maximum absolute atomic E-state index is 3.29. The van der Waals surface area contributed by atoms with E-state index in [2.05, 4.69) is 30.7 Å². The Hall–Kier alpha value is -0.280. The van der Waals surface area contributed by atoms with Crippen molar-refractivity contribution in [2.45, 2.75) is 18.7 Å². The fourth-order valence-corrected chi connectivity index (χ4v) is 3.11. The van der Waals surface area contributed by atoms with Gasteiger partial charge in [-0.1, -0.05) is 6.07 Å². The highest BCUT2D eigenvalue weighted by Crippen LogP contribution is 2.46. The zero-order valence-corrected chi connectivity index (χ0v) is 8.10. The lowest BCUT2D eigenvalue weighted by Gasteiger charge is -2.04. The zero-order chi connectivity index (χ0) is 7.84. The van der Waals surface area contributed by atoms with Gasteiger partial charge in [-0.05, 0) is 41.8 Å². The van der Waals surface area contributed by atoms with Crippen LogP contribution in [0.2, 0.25) is 0 Å². The van der Waals surface area contributed by atoms with Crippen LogP contribution in [-0.4, -0.2) is 0 Å². The second-order valence-corrected chi connectivity index (χ2v) is 4.63. The molecule has 1 aliphatic rings. The van der Waals surface area contributed by atoms with Crippen molar-refractivity contribution in [1.29, 1.82) is 0 Å². The third-order valence-electron chi connectivity index (χ3n) is 1.97. The largest absolute Gasteiger partial charge is 0.319 e. The van der Waals surface area contributed by atoms with Gasteiger partial charge in [0.2, 0.25) is 0 Å². The van der Waals surface area contributed by atoms with Crippen LogP contribution in [0.25, 0.3) is 0 Å². The summed E-state index contributed by atoms with van der Waals surface area (Å²) in [5, 5.41) is 0. The third-order valence-corrected chi connectivity index (χ3v) is 3.90. The number of anilines is 1. The van der Waals surface area contributed by atoms with E-state index in [1.165, 1.54) is 21.7 Å². The van der Waals surface area contributed by atoms with Crippen molar-refractivity contribution in [3.63, 3.8) is 0 Å². The van der Waals surface area contributed by atoms with Crippen LogP contribution < -0.4 is 4.72 Å². The van der Waals surface area contributed by atoms with Crippen LogP contribution in [0.3, 0.4) is 0 Å². The van der Waals surface area contributed by atoms with E-state index in [9.17, 15) is 0 Å². The molecule has 0 radical (unpaired) electrons. The summed E-state index contributed by atoms with van der Waals surface area (Å²) in [6.07, 6.45) is 0.